The van der Waals surface area contributed by atoms with Crippen molar-refractivity contribution in [3.8, 4) is 0 Å². The van der Waals surface area contributed by atoms with E-state index in [1.165, 1.54) is 32.1 Å². The summed E-state index contributed by atoms with van der Waals surface area (Å²) in [5.74, 6) is 0.936. The van der Waals surface area contributed by atoms with Crippen molar-refractivity contribution in [2.75, 3.05) is 12.4 Å². The van der Waals surface area contributed by atoms with Gasteiger partial charge in [-0.2, -0.15) is 0 Å². The molecule has 1 fully saturated rings. The summed E-state index contributed by atoms with van der Waals surface area (Å²) in [6.45, 7) is 0.604. The smallest absolute Gasteiger partial charge is 0.207 e. The Bertz CT molecular complexity index is 573. The normalized spacial score (nSPS) is 16.0. The minimum atomic E-state index is 0.582. The van der Waals surface area contributed by atoms with E-state index in [-0.39, 0.29) is 0 Å². The van der Waals surface area contributed by atoms with Crippen LogP contribution in [0.4, 0.5) is 11.6 Å². The summed E-state index contributed by atoms with van der Waals surface area (Å²) in [6.07, 6.45) is 10.5. The highest BCUT2D eigenvalue weighted by atomic mass is 16.5. The topological polar surface area (TPSA) is 39.1 Å². The summed E-state index contributed by atoms with van der Waals surface area (Å²) in [7, 11) is 1.72. The fourth-order valence-electron chi connectivity index (χ4n) is 3.11. The van der Waals surface area contributed by atoms with Crippen molar-refractivity contribution in [3.63, 3.8) is 0 Å². The summed E-state index contributed by atoms with van der Waals surface area (Å²) in [4.78, 5) is 4.50. The van der Waals surface area contributed by atoms with Gasteiger partial charge in [0.25, 0.3) is 0 Å². The number of aromatic nitrogens is 2. The molecule has 112 valence electrons. The van der Waals surface area contributed by atoms with Crippen LogP contribution in [0, 0.1) is 0 Å². The van der Waals surface area contributed by atoms with Crippen molar-refractivity contribution in [3.05, 3.63) is 42.2 Å². The van der Waals surface area contributed by atoms with Gasteiger partial charge in [0.2, 0.25) is 5.95 Å². The number of benzene rings is 1. The summed E-state index contributed by atoms with van der Waals surface area (Å²) in [5.41, 5.74) is 2.22. The van der Waals surface area contributed by atoms with Crippen LogP contribution < -0.4 is 5.32 Å². The molecular weight excluding hydrogens is 262 g/mol. The van der Waals surface area contributed by atoms with Crippen LogP contribution in [0.25, 0.3) is 0 Å². The maximum absolute atomic E-state index is 5.27. The Labute approximate surface area is 126 Å². The zero-order chi connectivity index (χ0) is 14.5. The number of methoxy groups -OCH3 is 1. The fourth-order valence-corrected chi connectivity index (χ4v) is 3.11. The second kappa shape index (κ2) is 6.76. The number of hydrogen-bond acceptors (Lipinski definition) is 3. The molecule has 1 aliphatic rings. The summed E-state index contributed by atoms with van der Waals surface area (Å²) >= 11 is 0. The van der Waals surface area contributed by atoms with Crippen molar-refractivity contribution in [1.29, 1.82) is 0 Å². The third-order valence-corrected chi connectivity index (χ3v) is 4.20. The maximum Gasteiger partial charge on any atom is 0.207 e. The number of nitrogens with one attached hydrogen (secondary N) is 1. The third-order valence-electron chi connectivity index (χ3n) is 4.20. The van der Waals surface area contributed by atoms with E-state index < -0.39 is 0 Å². The molecule has 0 atom stereocenters. The first kappa shape index (κ1) is 14.1. The Hall–Kier alpha value is -1.81. The fraction of sp³-hybridized carbons (Fsp3) is 0.471. The molecule has 0 bridgehead atoms. The molecule has 0 spiro atoms. The van der Waals surface area contributed by atoms with Crippen molar-refractivity contribution in [1.82, 2.24) is 9.55 Å². The van der Waals surface area contributed by atoms with Crippen LogP contribution in [0.15, 0.2) is 36.7 Å². The molecule has 3 rings (SSSR count). The molecule has 1 aliphatic carbocycles. The predicted molar refractivity (Wildman–Crippen MR) is 84.8 cm³/mol. The Kier molecular flexibility index (Phi) is 4.55. The summed E-state index contributed by atoms with van der Waals surface area (Å²) in [6, 6.07) is 8.81. The molecule has 0 amide bonds. The number of rotatable bonds is 5. The van der Waals surface area contributed by atoms with Gasteiger partial charge in [-0.15, -0.1) is 0 Å². The van der Waals surface area contributed by atoms with Crippen LogP contribution in [-0.2, 0) is 11.3 Å². The zero-order valence-corrected chi connectivity index (χ0v) is 12.6. The molecular formula is C17H23N3O. The molecule has 0 aliphatic heterocycles. The highest BCUT2D eigenvalue weighted by molar-refractivity contribution is 5.58. The van der Waals surface area contributed by atoms with Crippen molar-refractivity contribution in [2.24, 2.45) is 0 Å². The largest absolute Gasteiger partial charge is 0.380 e. The molecule has 1 aromatic carbocycles. The molecule has 2 aromatic rings. The Balaban J connectivity index is 1.81. The van der Waals surface area contributed by atoms with Gasteiger partial charge in [-0.3, -0.25) is 0 Å². The second-order valence-electron chi connectivity index (χ2n) is 5.67. The first-order chi connectivity index (χ1) is 10.4. The highest BCUT2D eigenvalue weighted by Gasteiger charge is 2.18. The van der Waals surface area contributed by atoms with E-state index in [1.807, 2.05) is 18.3 Å². The number of ether oxygens (including phenoxy) is 1. The van der Waals surface area contributed by atoms with E-state index in [1.54, 1.807) is 7.11 Å². The number of hydrogen-bond donors (Lipinski definition) is 1. The van der Waals surface area contributed by atoms with Gasteiger partial charge in [0.05, 0.1) is 6.61 Å². The Morgan fingerprint density at radius 3 is 2.86 bits per heavy atom. The number of para-hydroxylation sites is 1. The average Bonchev–Trinajstić information content (AvgIpc) is 2.99. The molecule has 4 nitrogen and oxygen atoms in total. The molecule has 1 aromatic heterocycles. The SMILES string of the molecule is COCc1ccccc1Nc1nccn1C1CCCCC1. The molecule has 1 heterocycles. The van der Waals surface area contributed by atoms with Crippen molar-refractivity contribution in [2.45, 2.75) is 44.8 Å². The summed E-state index contributed by atoms with van der Waals surface area (Å²) in [5, 5.41) is 3.48. The molecule has 0 radical (unpaired) electrons. The van der Waals surface area contributed by atoms with E-state index in [9.17, 15) is 0 Å². The number of anilines is 2. The number of nitrogens with zero attached hydrogens (tertiary/aromatic N) is 2. The lowest BCUT2D eigenvalue weighted by Crippen LogP contribution is -2.14. The molecule has 1 N–H and O–H groups in total. The number of imidazole rings is 1. The van der Waals surface area contributed by atoms with Gasteiger partial charge in [-0.1, -0.05) is 37.5 Å². The van der Waals surface area contributed by atoms with Crippen LogP contribution in [0.2, 0.25) is 0 Å². The van der Waals surface area contributed by atoms with Gasteiger partial charge in [-0.05, 0) is 18.9 Å². The first-order valence-corrected chi connectivity index (χ1v) is 7.75. The van der Waals surface area contributed by atoms with Gasteiger partial charge in [-0.25, -0.2) is 4.98 Å². The van der Waals surface area contributed by atoms with Crippen LogP contribution >= 0.6 is 0 Å². The van der Waals surface area contributed by atoms with E-state index in [0.29, 0.717) is 12.6 Å². The zero-order valence-electron chi connectivity index (χ0n) is 12.6. The van der Waals surface area contributed by atoms with Gasteiger partial charge < -0.3 is 14.6 Å². The molecule has 4 heteroatoms. The molecule has 0 saturated heterocycles. The predicted octanol–water partition coefficient (Wildman–Crippen LogP) is 4.28. The highest BCUT2D eigenvalue weighted by Crippen LogP contribution is 2.31. The second-order valence-corrected chi connectivity index (χ2v) is 5.67. The minimum absolute atomic E-state index is 0.582. The van der Waals surface area contributed by atoms with E-state index in [2.05, 4.69) is 33.2 Å². The van der Waals surface area contributed by atoms with Crippen molar-refractivity contribution < 1.29 is 4.74 Å². The van der Waals surface area contributed by atoms with E-state index in [4.69, 9.17) is 4.74 Å². The van der Waals surface area contributed by atoms with Crippen molar-refractivity contribution >= 4 is 11.6 Å². The standard InChI is InChI=1S/C17H23N3O/c1-21-13-14-7-5-6-10-16(14)19-17-18-11-12-20(17)15-8-3-2-4-9-15/h5-7,10-12,15H,2-4,8-9,13H2,1H3,(H,18,19). The van der Waals surface area contributed by atoms with E-state index >= 15 is 0 Å². The minimum Gasteiger partial charge on any atom is -0.380 e. The monoisotopic (exact) mass is 285 g/mol. The lowest BCUT2D eigenvalue weighted by atomic mass is 9.95. The summed E-state index contributed by atoms with van der Waals surface area (Å²) < 4.78 is 7.56. The van der Waals surface area contributed by atoms with Gasteiger partial charge in [0, 0.05) is 36.8 Å². The van der Waals surface area contributed by atoms with Gasteiger partial charge >= 0.3 is 0 Å². The van der Waals surface area contributed by atoms with E-state index in [0.717, 1.165) is 17.2 Å². The van der Waals surface area contributed by atoms with Crippen LogP contribution in [0.5, 0.6) is 0 Å². The molecule has 0 unspecified atom stereocenters. The first-order valence-electron chi connectivity index (χ1n) is 7.75. The van der Waals surface area contributed by atoms with Gasteiger partial charge in [0.1, 0.15) is 0 Å². The average molecular weight is 285 g/mol. The van der Waals surface area contributed by atoms with Gasteiger partial charge in [0.15, 0.2) is 0 Å². The van der Waals surface area contributed by atoms with Crippen LogP contribution in [0.1, 0.15) is 43.7 Å². The molecule has 1 saturated carbocycles. The third kappa shape index (κ3) is 3.27. The van der Waals surface area contributed by atoms with Crippen LogP contribution in [-0.4, -0.2) is 16.7 Å². The lowest BCUT2D eigenvalue weighted by molar-refractivity contribution is 0.185. The Morgan fingerprint density at radius 1 is 1.24 bits per heavy atom. The Morgan fingerprint density at radius 2 is 2.05 bits per heavy atom. The quantitative estimate of drug-likeness (QED) is 0.891. The maximum atomic E-state index is 5.27. The molecule has 21 heavy (non-hydrogen) atoms. The lowest BCUT2D eigenvalue weighted by Gasteiger charge is -2.25. The van der Waals surface area contributed by atoms with Crippen LogP contribution in [0.3, 0.4) is 0 Å².